The van der Waals surface area contributed by atoms with Crippen LogP contribution in [0.15, 0.2) is 36.5 Å². The van der Waals surface area contributed by atoms with Gasteiger partial charge in [0.15, 0.2) is 11.5 Å². The highest BCUT2D eigenvalue weighted by Crippen LogP contribution is 2.27. The van der Waals surface area contributed by atoms with Gasteiger partial charge in [-0.3, -0.25) is 4.79 Å². The van der Waals surface area contributed by atoms with E-state index in [-0.39, 0.29) is 12.0 Å². The van der Waals surface area contributed by atoms with Crippen molar-refractivity contribution in [3.63, 3.8) is 0 Å². The number of benzene rings is 1. The maximum atomic E-state index is 12.3. The second kappa shape index (κ2) is 9.94. The molecule has 7 nitrogen and oxygen atoms in total. The summed E-state index contributed by atoms with van der Waals surface area (Å²) < 4.78 is 21.7. The zero-order chi connectivity index (χ0) is 19.8. The summed E-state index contributed by atoms with van der Waals surface area (Å²) in [6.07, 6.45) is 4.43. The van der Waals surface area contributed by atoms with Gasteiger partial charge < -0.3 is 24.3 Å². The SMILES string of the molecule is COc1ccc(CCNC(=O)c2ccc(OC[C@H]3CCCO3)nc2)cc1OC. The highest BCUT2D eigenvalue weighted by Gasteiger charge is 2.16. The van der Waals surface area contributed by atoms with E-state index in [9.17, 15) is 4.79 Å². The van der Waals surface area contributed by atoms with Crippen LogP contribution in [0.3, 0.4) is 0 Å². The molecule has 1 fully saturated rings. The standard InChI is InChI=1S/C21H26N2O5/c1-25-18-7-5-15(12-19(18)26-2)9-10-22-21(24)16-6-8-20(23-13-16)28-14-17-4-3-11-27-17/h5-8,12-13,17H,3-4,9-11,14H2,1-2H3,(H,22,24)/t17-/m1/s1. The Morgan fingerprint density at radius 1 is 1.21 bits per heavy atom. The Morgan fingerprint density at radius 3 is 2.75 bits per heavy atom. The molecule has 0 aliphatic carbocycles. The Balaban J connectivity index is 1.45. The van der Waals surface area contributed by atoms with E-state index in [0.717, 1.165) is 25.0 Å². The number of rotatable bonds is 9. The van der Waals surface area contributed by atoms with E-state index in [1.807, 2.05) is 18.2 Å². The predicted molar refractivity (Wildman–Crippen MR) is 104 cm³/mol. The van der Waals surface area contributed by atoms with Gasteiger partial charge in [0.05, 0.1) is 25.9 Å². The van der Waals surface area contributed by atoms with Crippen LogP contribution in [0.1, 0.15) is 28.8 Å². The van der Waals surface area contributed by atoms with E-state index in [1.165, 1.54) is 6.20 Å². The highest BCUT2D eigenvalue weighted by atomic mass is 16.5. The lowest BCUT2D eigenvalue weighted by Crippen LogP contribution is -2.25. The molecule has 2 aromatic rings. The number of methoxy groups -OCH3 is 2. The third-order valence-electron chi connectivity index (χ3n) is 4.59. The Labute approximate surface area is 165 Å². The van der Waals surface area contributed by atoms with E-state index in [0.29, 0.717) is 42.5 Å². The first-order valence-electron chi connectivity index (χ1n) is 9.39. The van der Waals surface area contributed by atoms with E-state index in [1.54, 1.807) is 26.4 Å². The van der Waals surface area contributed by atoms with Gasteiger partial charge in [-0.15, -0.1) is 0 Å². The average Bonchev–Trinajstić information content (AvgIpc) is 3.26. The number of pyridine rings is 1. The number of carbonyl (C=O) groups excluding carboxylic acids is 1. The summed E-state index contributed by atoms with van der Waals surface area (Å²) >= 11 is 0. The van der Waals surface area contributed by atoms with Gasteiger partial charge in [-0.1, -0.05) is 6.07 Å². The first-order chi connectivity index (χ1) is 13.7. The van der Waals surface area contributed by atoms with Crippen molar-refractivity contribution in [3.05, 3.63) is 47.7 Å². The first kappa shape index (κ1) is 19.9. The lowest BCUT2D eigenvalue weighted by Gasteiger charge is -2.11. The number of carbonyl (C=O) groups is 1. The molecule has 1 aliphatic rings. The largest absolute Gasteiger partial charge is 0.493 e. The van der Waals surface area contributed by atoms with Gasteiger partial charge in [-0.2, -0.15) is 0 Å². The van der Waals surface area contributed by atoms with Crippen LogP contribution in [0.2, 0.25) is 0 Å². The molecular formula is C21H26N2O5. The summed E-state index contributed by atoms with van der Waals surface area (Å²) in [4.78, 5) is 16.5. The summed E-state index contributed by atoms with van der Waals surface area (Å²) in [7, 11) is 3.20. The maximum absolute atomic E-state index is 12.3. The molecule has 0 unspecified atom stereocenters. The Morgan fingerprint density at radius 2 is 2.07 bits per heavy atom. The minimum atomic E-state index is -0.168. The lowest BCUT2D eigenvalue weighted by atomic mass is 10.1. The molecule has 2 heterocycles. The molecule has 1 saturated heterocycles. The van der Waals surface area contributed by atoms with E-state index >= 15 is 0 Å². The lowest BCUT2D eigenvalue weighted by molar-refractivity contribution is 0.0663. The fourth-order valence-electron chi connectivity index (χ4n) is 3.01. The number of hydrogen-bond donors (Lipinski definition) is 1. The molecule has 1 aromatic heterocycles. The van der Waals surface area contributed by atoms with Crippen molar-refractivity contribution in [1.82, 2.24) is 10.3 Å². The Bertz CT molecular complexity index is 773. The molecule has 1 N–H and O–H groups in total. The Kier molecular flexibility index (Phi) is 7.08. The number of aromatic nitrogens is 1. The summed E-state index contributed by atoms with van der Waals surface area (Å²) in [6.45, 7) is 1.79. The zero-order valence-electron chi connectivity index (χ0n) is 16.3. The summed E-state index contributed by atoms with van der Waals surface area (Å²) in [5.41, 5.74) is 1.55. The molecule has 28 heavy (non-hydrogen) atoms. The molecule has 150 valence electrons. The normalized spacial score (nSPS) is 15.9. The fraction of sp³-hybridized carbons (Fsp3) is 0.429. The molecule has 3 rings (SSSR count). The van der Waals surface area contributed by atoms with Gasteiger partial charge in [0.1, 0.15) is 6.61 Å². The summed E-state index contributed by atoms with van der Waals surface area (Å²) in [5.74, 6) is 1.69. The molecule has 1 aromatic carbocycles. The van der Waals surface area contributed by atoms with E-state index in [2.05, 4.69) is 10.3 Å². The van der Waals surface area contributed by atoms with Crippen molar-refractivity contribution in [2.45, 2.75) is 25.4 Å². The second-order valence-electron chi connectivity index (χ2n) is 6.53. The number of ether oxygens (including phenoxy) is 4. The van der Waals surface area contributed by atoms with Crippen LogP contribution in [-0.4, -0.2) is 51.0 Å². The molecule has 0 saturated carbocycles. The minimum Gasteiger partial charge on any atom is -0.493 e. The molecule has 1 amide bonds. The van der Waals surface area contributed by atoms with Crippen LogP contribution < -0.4 is 19.5 Å². The smallest absolute Gasteiger partial charge is 0.252 e. The number of amides is 1. The van der Waals surface area contributed by atoms with Crippen molar-refractivity contribution < 1.29 is 23.7 Å². The van der Waals surface area contributed by atoms with E-state index in [4.69, 9.17) is 18.9 Å². The summed E-state index contributed by atoms with van der Waals surface area (Å²) in [6, 6.07) is 9.14. The monoisotopic (exact) mass is 386 g/mol. The van der Waals surface area contributed by atoms with Crippen LogP contribution in [0.5, 0.6) is 17.4 Å². The molecule has 0 bridgehead atoms. The predicted octanol–water partition coefficient (Wildman–Crippen LogP) is 2.63. The third-order valence-corrected chi connectivity index (χ3v) is 4.59. The maximum Gasteiger partial charge on any atom is 0.252 e. The quantitative estimate of drug-likeness (QED) is 0.714. The topological polar surface area (TPSA) is 78.9 Å². The molecular weight excluding hydrogens is 360 g/mol. The molecule has 0 spiro atoms. The van der Waals surface area contributed by atoms with E-state index < -0.39 is 0 Å². The minimum absolute atomic E-state index is 0.140. The van der Waals surface area contributed by atoms with Gasteiger partial charge >= 0.3 is 0 Å². The van der Waals surface area contributed by atoms with Crippen LogP contribution in [0.4, 0.5) is 0 Å². The fourth-order valence-corrected chi connectivity index (χ4v) is 3.01. The van der Waals surface area contributed by atoms with Crippen molar-refractivity contribution in [2.24, 2.45) is 0 Å². The zero-order valence-corrected chi connectivity index (χ0v) is 16.3. The van der Waals surface area contributed by atoms with Gasteiger partial charge in [0.25, 0.3) is 5.91 Å². The number of nitrogens with zero attached hydrogens (tertiary/aromatic N) is 1. The third kappa shape index (κ3) is 5.36. The van der Waals surface area contributed by atoms with Gasteiger partial charge in [0, 0.05) is 25.4 Å². The van der Waals surface area contributed by atoms with Gasteiger partial charge in [-0.25, -0.2) is 4.98 Å². The van der Waals surface area contributed by atoms with Crippen LogP contribution >= 0.6 is 0 Å². The molecule has 0 radical (unpaired) electrons. The molecule has 1 atom stereocenters. The van der Waals surface area contributed by atoms with Gasteiger partial charge in [-0.05, 0) is 43.0 Å². The number of hydrogen-bond acceptors (Lipinski definition) is 6. The van der Waals surface area contributed by atoms with Gasteiger partial charge in [0.2, 0.25) is 5.88 Å². The summed E-state index contributed by atoms with van der Waals surface area (Å²) in [5, 5.41) is 2.90. The van der Waals surface area contributed by atoms with Crippen LogP contribution in [0, 0.1) is 0 Å². The van der Waals surface area contributed by atoms with Crippen molar-refractivity contribution in [3.8, 4) is 17.4 Å². The Hall–Kier alpha value is -2.80. The van der Waals surface area contributed by atoms with Crippen LogP contribution in [-0.2, 0) is 11.2 Å². The van der Waals surface area contributed by atoms with Crippen molar-refractivity contribution >= 4 is 5.91 Å². The average molecular weight is 386 g/mol. The molecule has 7 heteroatoms. The molecule has 1 aliphatic heterocycles. The van der Waals surface area contributed by atoms with Crippen molar-refractivity contribution in [2.75, 3.05) is 34.0 Å². The van der Waals surface area contributed by atoms with Crippen LogP contribution in [0.25, 0.3) is 0 Å². The number of nitrogens with one attached hydrogen (secondary N) is 1. The van der Waals surface area contributed by atoms with Crippen molar-refractivity contribution in [1.29, 1.82) is 0 Å². The second-order valence-corrected chi connectivity index (χ2v) is 6.53. The first-order valence-corrected chi connectivity index (χ1v) is 9.39. The highest BCUT2D eigenvalue weighted by molar-refractivity contribution is 5.93.